The fraction of sp³-hybridized carbons (Fsp3) is 0.111. The SMILES string of the molecule is Fc1ccc2c(c1)C(Cl)=CCS2. The molecule has 0 fully saturated rings. The van der Waals surface area contributed by atoms with Gasteiger partial charge in [-0.1, -0.05) is 17.7 Å². The van der Waals surface area contributed by atoms with Crippen LogP contribution >= 0.6 is 23.4 Å². The van der Waals surface area contributed by atoms with Crippen molar-refractivity contribution in [1.82, 2.24) is 0 Å². The standard InChI is InChI=1S/C9H6ClFS/c10-8-3-4-12-9-2-1-6(11)5-7(8)9/h1-3,5H,4H2. The van der Waals surface area contributed by atoms with E-state index in [0.717, 1.165) is 16.2 Å². The minimum atomic E-state index is -0.234. The monoisotopic (exact) mass is 200 g/mol. The van der Waals surface area contributed by atoms with Crippen molar-refractivity contribution in [3.05, 3.63) is 35.7 Å². The highest BCUT2D eigenvalue weighted by Crippen LogP contribution is 2.35. The normalized spacial score (nSPS) is 15.3. The lowest BCUT2D eigenvalue weighted by Crippen LogP contribution is -1.91. The first kappa shape index (κ1) is 8.14. The molecule has 3 heteroatoms. The predicted molar refractivity (Wildman–Crippen MR) is 51.0 cm³/mol. The molecule has 0 saturated carbocycles. The number of hydrogen-bond donors (Lipinski definition) is 0. The highest BCUT2D eigenvalue weighted by Gasteiger charge is 2.11. The van der Waals surface area contributed by atoms with Crippen molar-refractivity contribution in [1.29, 1.82) is 0 Å². The smallest absolute Gasteiger partial charge is 0.123 e. The molecule has 0 unspecified atom stereocenters. The summed E-state index contributed by atoms with van der Waals surface area (Å²) in [5.41, 5.74) is 0.813. The van der Waals surface area contributed by atoms with Gasteiger partial charge in [0, 0.05) is 21.2 Å². The van der Waals surface area contributed by atoms with Crippen molar-refractivity contribution in [2.45, 2.75) is 4.90 Å². The molecule has 12 heavy (non-hydrogen) atoms. The molecule has 1 aromatic rings. The molecule has 0 bridgehead atoms. The molecule has 1 aliphatic heterocycles. The topological polar surface area (TPSA) is 0 Å². The molecular weight excluding hydrogens is 195 g/mol. The highest BCUT2D eigenvalue weighted by molar-refractivity contribution is 7.99. The van der Waals surface area contributed by atoms with Gasteiger partial charge in [-0.05, 0) is 18.2 Å². The second-order valence-corrected chi connectivity index (χ2v) is 3.97. The van der Waals surface area contributed by atoms with Gasteiger partial charge in [0.1, 0.15) is 5.82 Å². The maximum absolute atomic E-state index is 12.8. The van der Waals surface area contributed by atoms with Crippen molar-refractivity contribution in [2.75, 3.05) is 5.75 Å². The third kappa shape index (κ3) is 1.37. The van der Waals surface area contributed by atoms with Crippen molar-refractivity contribution in [2.24, 2.45) is 0 Å². The summed E-state index contributed by atoms with van der Waals surface area (Å²) in [6.45, 7) is 0. The van der Waals surface area contributed by atoms with Crippen LogP contribution in [0.25, 0.3) is 5.03 Å². The molecule has 0 amide bonds. The summed E-state index contributed by atoms with van der Waals surface area (Å²) in [5, 5.41) is 0.656. The summed E-state index contributed by atoms with van der Waals surface area (Å²) in [6.07, 6.45) is 1.90. The zero-order valence-corrected chi connectivity index (χ0v) is 7.75. The predicted octanol–water partition coefficient (Wildman–Crippen LogP) is 3.51. The molecule has 0 atom stereocenters. The van der Waals surface area contributed by atoms with E-state index in [2.05, 4.69) is 0 Å². The van der Waals surface area contributed by atoms with Gasteiger partial charge in [0.2, 0.25) is 0 Å². The van der Waals surface area contributed by atoms with Crippen LogP contribution in [0, 0.1) is 5.82 Å². The lowest BCUT2D eigenvalue weighted by molar-refractivity contribution is 0.626. The third-order valence-electron chi connectivity index (χ3n) is 1.70. The van der Waals surface area contributed by atoms with Crippen molar-refractivity contribution in [3.8, 4) is 0 Å². The fourth-order valence-electron chi connectivity index (χ4n) is 1.13. The molecule has 1 aliphatic rings. The minimum absolute atomic E-state index is 0.234. The zero-order chi connectivity index (χ0) is 8.55. The second kappa shape index (κ2) is 3.11. The first-order valence-corrected chi connectivity index (χ1v) is 4.92. The van der Waals surface area contributed by atoms with Crippen LogP contribution in [0.1, 0.15) is 5.56 Å². The molecule has 0 radical (unpaired) electrons. The third-order valence-corrected chi connectivity index (χ3v) is 3.06. The van der Waals surface area contributed by atoms with Crippen LogP contribution < -0.4 is 0 Å². The number of hydrogen-bond acceptors (Lipinski definition) is 1. The average molecular weight is 201 g/mol. The van der Waals surface area contributed by atoms with Crippen LogP contribution in [0.4, 0.5) is 4.39 Å². The molecule has 0 N–H and O–H groups in total. The lowest BCUT2D eigenvalue weighted by Gasteiger charge is -2.12. The second-order valence-electron chi connectivity index (χ2n) is 2.50. The summed E-state index contributed by atoms with van der Waals surface area (Å²) < 4.78 is 12.8. The van der Waals surface area contributed by atoms with Gasteiger partial charge in [-0.2, -0.15) is 0 Å². The van der Waals surface area contributed by atoms with Crippen LogP contribution in [-0.4, -0.2) is 5.75 Å². The molecule has 62 valence electrons. The number of benzene rings is 1. The van der Waals surface area contributed by atoms with Crippen LogP contribution in [0.3, 0.4) is 0 Å². The number of thioether (sulfide) groups is 1. The van der Waals surface area contributed by atoms with E-state index in [4.69, 9.17) is 11.6 Å². The number of halogens is 2. The van der Waals surface area contributed by atoms with Gasteiger partial charge in [0.05, 0.1) is 0 Å². The molecule has 1 heterocycles. The minimum Gasteiger partial charge on any atom is -0.207 e. The first-order chi connectivity index (χ1) is 5.77. The van der Waals surface area contributed by atoms with Crippen LogP contribution in [0.15, 0.2) is 29.2 Å². The summed E-state index contributed by atoms with van der Waals surface area (Å²) >= 11 is 7.57. The van der Waals surface area contributed by atoms with Crippen molar-refractivity contribution >= 4 is 28.4 Å². The Morgan fingerprint density at radius 3 is 3.08 bits per heavy atom. The molecule has 0 aliphatic carbocycles. The van der Waals surface area contributed by atoms with Gasteiger partial charge in [-0.15, -0.1) is 11.8 Å². The van der Waals surface area contributed by atoms with Gasteiger partial charge in [-0.3, -0.25) is 0 Å². The van der Waals surface area contributed by atoms with E-state index < -0.39 is 0 Å². The summed E-state index contributed by atoms with van der Waals surface area (Å²) in [7, 11) is 0. The number of fused-ring (bicyclic) bond motifs is 1. The first-order valence-electron chi connectivity index (χ1n) is 3.56. The van der Waals surface area contributed by atoms with Gasteiger partial charge < -0.3 is 0 Å². The fourth-order valence-corrected chi connectivity index (χ4v) is 2.43. The Bertz CT molecular complexity index is 346. The van der Waals surface area contributed by atoms with Gasteiger partial charge >= 0.3 is 0 Å². The largest absolute Gasteiger partial charge is 0.207 e. The van der Waals surface area contributed by atoms with Gasteiger partial charge in [0.25, 0.3) is 0 Å². The highest BCUT2D eigenvalue weighted by atomic mass is 35.5. The van der Waals surface area contributed by atoms with Gasteiger partial charge in [0.15, 0.2) is 0 Å². The van der Waals surface area contributed by atoms with Crippen LogP contribution in [-0.2, 0) is 0 Å². The number of rotatable bonds is 0. The maximum atomic E-state index is 12.8. The Morgan fingerprint density at radius 1 is 1.42 bits per heavy atom. The lowest BCUT2D eigenvalue weighted by atomic mass is 10.2. The quantitative estimate of drug-likeness (QED) is 0.618. The zero-order valence-electron chi connectivity index (χ0n) is 6.18. The van der Waals surface area contributed by atoms with Crippen LogP contribution in [0.2, 0.25) is 0 Å². The van der Waals surface area contributed by atoms with E-state index in [9.17, 15) is 4.39 Å². The molecular formula is C9H6ClFS. The van der Waals surface area contributed by atoms with E-state index in [1.54, 1.807) is 17.8 Å². The van der Waals surface area contributed by atoms with Crippen molar-refractivity contribution < 1.29 is 4.39 Å². The summed E-state index contributed by atoms with van der Waals surface area (Å²) in [5.74, 6) is 0.639. The Kier molecular flexibility index (Phi) is 2.11. The average Bonchev–Trinajstić information content (AvgIpc) is 2.07. The Morgan fingerprint density at radius 2 is 2.25 bits per heavy atom. The Labute approximate surface area is 79.4 Å². The van der Waals surface area contributed by atoms with Crippen LogP contribution in [0.5, 0.6) is 0 Å². The molecule has 1 aromatic carbocycles. The van der Waals surface area contributed by atoms with E-state index in [1.165, 1.54) is 12.1 Å². The van der Waals surface area contributed by atoms with E-state index >= 15 is 0 Å². The Balaban J connectivity index is 2.58. The van der Waals surface area contributed by atoms with E-state index in [0.29, 0.717) is 5.03 Å². The van der Waals surface area contributed by atoms with Crippen molar-refractivity contribution in [3.63, 3.8) is 0 Å². The summed E-state index contributed by atoms with van der Waals surface area (Å²) in [6, 6.07) is 4.70. The van der Waals surface area contributed by atoms with E-state index in [1.807, 2.05) is 6.08 Å². The summed E-state index contributed by atoms with van der Waals surface area (Å²) in [4.78, 5) is 1.06. The molecule has 0 spiro atoms. The molecule has 0 nitrogen and oxygen atoms in total. The molecule has 2 rings (SSSR count). The molecule has 0 saturated heterocycles. The maximum Gasteiger partial charge on any atom is 0.123 e. The molecule has 0 aromatic heterocycles. The van der Waals surface area contributed by atoms with Gasteiger partial charge in [-0.25, -0.2) is 4.39 Å². The van der Waals surface area contributed by atoms with E-state index in [-0.39, 0.29) is 5.82 Å². The Hall–Kier alpha value is -0.470.